The van der Waals surface area contributed by atoms with Crippen molar-refractivity contribution in [3.05, 3.63) is 35.4 Å². The fraction of sp³-hybridized carbons (Fsp3) is 0.647. The molecule has 2 unspecified atom stereocenters. The number of rotatable bonds is 8. The molecule has 0 aliphatic rings. The first-order valence-corrected chi connectivity index (χ1v) is 7.52. The Morgan fingerprint density at radius 3 is 2.11 bits per heavy atom. The van der Waals surface area contributed by atoms with Gasteiger partial charge in [-0.1, -0.05) is 58.4 Å². The summed E-state index contributed by atoms with van der Waals surface area (Å²) >= 11 is 0. The third-order valence-electron chi connectivity index (χ3n) is 3.87. The van der Waals surface area contributed by atoms with Crippen molar-refractivity contribution in [3.8, 4) is 0 Å². The van der Waals surface area contributed by atoms with E-state index in [1.807, 2.05) is 0 Å². The Bertz CT molecular complexity index is 315. The summed E-state index contributed by atoms with van der Waals surface area (Å²) in [6.07, 6.45) is 4.73. The first-order valence-electron chi connectivity index (χ1n) is 7.52. The fourth-order valence-electron chi connectivity index (χ4n) is 2.25. The van der Waals surface area contributed by atoms with Crippen LogP contribution in [0.2, 0.25) is 0 Å². The van der Waals surface area contributed by atoms with E-state index in [1.165, 1.54) is 24.0 Å². The molecule has 1 aromatic rings. The quantitative estimate of drug-likeness (QED) is 0.726. The van der Waals surface area contributed by atoms with Crippen molar-refractivity contribution < 1.29 is 0 Å². The second-order valence-electron chi connectivity index (χ2n) is 5.32. The minimum absolute atomic E-state index is 0.613. The van der Waals surface area contributed by atoms with Crippen LogP contribution in [-0.4, -0.2) is 12.6 Å². The lowest BCUT2D eigenvalue weighted by atomic mass is 9.92. The summed E-state index contributed by atoms with van der Waals surface area (Å²) in [5.74, 6) is 0.738. The molecule has 0 heterocycles. The van der Waals surface area contributed by atoms with Crippen molar-refractivity contribution in [2.75, 3.05) is 6.54 Å². The van der Waals surface area contributed by atoms with Crippen molar-refractivity contribution >= 4 is 0 Å². The summed E-state index contributed by atoms with van der Waals surface area (Å²) in [6, 6.07) is 9.73. The van der Waals surface area contributed by atoms with E-state index in [9.17, 15) is 0 Å². The molecule has 0 aliphatic heterocycles. The Labute approximate surface area is 113 Å². The van der Waals surface area contributed by atoms with Crippen LogP contribution in [0.15, 0.2) is 24.3 Å². The van der Waals surface area contributed by atoms with Crippen molar-refractivity contribution in [2.45, 2.75) is 59.4 Å². The normalized spacial score (nSPS) is 14.4. The summed E-state index contributed by atoms with van der Waals surface area (Å²) in [5, 5.41) is 3.70. The fourth-order valence-corrected chi connectivity index (χ4v) is 2.25. The predicted octanol–water partition coefficient (Wildman–Crippen LogP) is 4.21. The molecule has 0 fully saturated rings. The Balaban J connectivity index is 2.62. The van der Waals surface area contributed by atoms with Crippen LogP contribution in [0.3, 0.4) is 0 Å². The Morgan fingerprint density at radius 1 is 1.00 bits per heavy atom. The Kier molecular flexibility index (Phi) is 7.04. The first-order chi connectivity index (χ1) is 8.71. The molecule has 2 atom stereocenters. The SMILES string of the molecule is CCCNC(Cc1ccc(CC)cc1)C(C)CC. The number of aryl methyl sites for hydroxylation is 1. The van der Waals surface area contributed by atoms with E-state index in [2.05, 4.69) is 57.3 Å². The summed E-state index contributed by atoms with van der Waals surface area (Å²) in [6.45, 7) is 10.2. The van der Waals surface area contributed by atoms with Crippen LogP contribution in [0, 0.1) is 5.92 Å². The van der Waals surface area contributed by atoms with Gasteiger partial charge < -0.3 is 5.32 Å². The zero-order chi connectivity index (χ0) is 13.4. The minimum Gasteiger partial charge on any atom is -0.313 e. The molecule has 102 valence electrons. The van der Waals surface area contributed by atoms with Gasteiger partial charge in [0.05, 0.1) is 0 Å². The highest BCUT2D eigenvalue weighted by atomic mass is 14.9. The highest BCUT2D eigenvalue weighted by Crippen LogP contribution is 2.14. The van der Waals surface area contributed by atoms with Crippen LogP contribution >= 0.6 is 0 Å². The van der Waals surface area contributed by atoms with Crippen LogP contribution < -0.4 is 5.32 Å². The maximum absolute atomic E-state index is 3.70. The van der Waals surface area contributed by atoms with E-state index in [1.54, 1.807) is 0 Å². The summed E-state index contributed by atoms with van der Waals surface area (Å²) in [5.41, 5.74) is 2.89. The van der Waals surface area contributed by atoms with E-state index in [-0.39, 0.29) is 0 Å². The molecule has 1 heteroatoms. The van der Waals surface area contributed by atoms with Gasteiger partial charge in [-0.2, -0.15) is 0 Å². The van der Waals surface area contributed by atoms with E-state index in [0.29, 0.717) is 6.04 Å². The molecule has 0 spiro atoms. The molecule has 0 amide bonds. The van der Waals surface area contributed by atoms with Crippen LogP contribution in [0.5, 0.6) is 0 Å². The Morgan fingerprint density at radius 2 is 1.61 bits per heavy atom. The highest BCUT2D eigenvalue weighted by molar-refractivity contribution is 5.23. The van der Waals surface area contributed by atoms with E-state index >= 15 is 0 Å². The number of nitrogens with one attached hydrogen (secondary N) is 1. The lowest BCUT2D eigenvalue weighted by molar-refractivity contribution is 0.365. The molecular formula is C17H29N. The third-order valence-corrected chi connectivity index (χ3v) is 3.87. The third kappa shape index (κ3) is 4.81. The van der Waals surface area contributed by atoms with Gasteiger partial charge in [-0.25, -0.2) is 0 Å². The van der Waals surface area contributed by atoms with E-state index in [4.69, 9.17) is 0 Å². The smallest absolute Gasteiger partial charge is 0.0133 e. The second-order valence-corrected chi connectivity index (χ2v) is 5.32. The summed E-state index contributed by atoms with van der Waals surface area (Å²) in [7, 11) is 0. The first kappa shape index (κ1) is 15.2. The highest BCUT2D eigenvalue weighted by Gasteiger charge is 2.15. The maximum Gasteiger partial charge on any atom is 0.0133 e. The molecule has 0 radical (unpaired) electrons. The van der Waals surface area contributed by atoms with Crippen LogP contribution in [0.1, 0.15) is 51.7 Å². The molecule has 0 saturated heterocycles. The molecule has 0 saturated carbocycles. The van der Waals surface area contributed by atoms with Crippen molar-refractivity contribution in [1.82, 2.24) is 5.32 Å². The van der Waals surface area contributed by atoms with E-state index < -0.39 is 0 Å². The predicted molar refractivity (Wildman–Crippen MR) is 81.1 cm³/mol. The molecule has 1 nitrogen and oxygen atoms in total. The van der Waals surface area contributed by atoms with Gasteiger partial charge in [0.1, 0.15) is 0 Å². The van der Waals surface area contributed by atoms with Crippen molar-refractivity contribution in [1.29, 1.82) is 0 Å². The van der Waals surface area contributed by atoms with Gasteiger partial charge in [-0.15, -0.1) is 0 Å². The molecule has 0 bridgehead atoms. The number of hydrogen-bond donors (Lipinski definition) is 1. The minimum atomic E-state index is 0.613. The lowest BCUT2D eigenvalue weighted by Gasteiger charge is -2.24. The largest absolute Gasteiger partial charge is 0.313 e. The van der Waals surface area contributed by atoms with Crippen LogP contribution in [-0.2, 0) is 12.8 Å². The maximum atomic E-state index is 3.70. The van der Waals surface area contributed by atoms with Crippen molar-refractivity contribution in [3.63, 3.8) is 0 Å². The standard InChI is InChI=1S/C17H29N/c1-5-12-18-17(14(4)6-2)13-16-10-8-15(7-3)9-11-16/h8-11,14,17-18H,5-7,12-13H2,1-4H3. The molecule has 0 aliphatic carbocycles. The molecule has 18 heavy (non-hydrogen) atoms. The average Bonchev–Trinajstić information content (AvgIpc) is 2.43. The van der Waals surface area contributed by atoms with Crippen LogP contribution in [0.4, 0.5) is 0 Å². The van der Waals surface area contributed by atoms with E-state index in [0.717, 1.165) is 25.3 Å². The van der Waals surface area contributed by atoms with Gasteiger partial charge in [-0.3, -0.25) is 0 Å². The van der Waals surface area contributed by atoms with Gasteiger partial charge in [0.15, 0.2) is 0 Å². The van der Waals surface area contributed by atoms with Gasteiger partial charge in [0, 0.05) is 6.04 Å². The van der Waals surface area contributed by atoms with Crippen LogP contribution in [0.25, 0.3) is 0 Å². The molecular weight excluding hydrogens is 218 g/mol. The molecule has 1 aromatic carbocycles. The molecule has 1 rings (SSSR count). The van der Waals surface area contributed by atoms with Gasteiger partial charge in [0.25, 0.3) is 0 Å². The Hall–Kier alpha value is -0.820. The van der Waals surface area contributed by atoms with Gasteiger partial charge >= 0.3 is 0 Å². The monoisotopic (exact) mass is 247 g/mol. The molecule has 0 aromatic heterocycles. The number of hydrogen-bond acceptors (Lipinski definition) is 1. The topological polar surface area (TPSA) is 12.0 Å². The van der Waals surface area contributed by atoms with Crippen molar-refractivity contribution in [2.24, 2.45) is 5.92 Å². The van der Waals surface area contributed by atoms with Gasteiger partial charge in [-0.05, 0) is 42.9 Å². The summed E-state index contributed by atoms with van der Waals surface area (Å²) in [4.78, 5) is 0. The molecule has 1 N–H and O–H groups in total. The summed E-state index contributed by atoms with van der Waals surface area (Å²) < 4.78 is 0. The second kappa shape index (κ2) is 8.31. The zero-order valence-corrected chi connectivity index (χ0v) is 12.5. The average molecular weight is 247 g/mol. The lowest BCUT2D eigenvalue weighted by Crippen LogP contribution is -2.37. The number of benzene rings is 1. The van der Waals surface area contributed by atoms with Gasteiger partial charge in [0.2, 0.25) is 0 Å². The zero-order valence-electron chi connectivity index (χ0n) is 12.5.